The summed E-state index contributed by atoms with van der Waals surface area (Å²) in [7, 11) is 2.11. The Kier molecular flexibility index (Phi) is 5.94. The summed E-state index contributed by atoms with van der Waals surface area (Å²) in [5.41, 5.74) is 0. The van der Waals surface area contributed by atoms with Crippen molar-refractivity contribution in [1.82, 2.24) is 4.90 Å². The van der Waals surface area contributed by atoms with Crippen LogP contribution in [-0.2, 0) is 11.3 Å². The Morgan fingerprint density at radius 1 is 1.53 bits per heavy atom. The summed E-state index contributed by atoms with van der Waals surface area (Å²) in [5.74, 6) is -0.903. The number of hydrogen-bond acceptors (Lipinski definition) is 3. The van der Waals surface area contributed by atoms with Crippen molar-refractivity contribution in [3.63, 3.8) is 0 Å². The van der Waals surface area contributed by atoms with Gasteiger partial charge in [-0.25, -0.2) is 4.79 Å². The highest BCUT2D eigenvalue weighted by Crippen LogP contribution is 2.19. The number of thiophene rings is 1. The molecular formula is C13H19NO2S. The van der Waals surface area contributed by atoms with E-state index in [4.69, 9.17) is 5.11 Å². The molecule has 0 unspecified atom stereocenters. The molecule has 1 heterocycles. The first-order chi connectivity index (χ1) is 8.11. The third-order valence-electron chi connectivity index (χ3n) is 2.39. The highest BCUT2D eigenvalue weighted by Gasteiger charge is 2.02. The fourth-order valence-corrected chi connectivity index (χ4v) is 2.49. The van der Waals surface area contributed by atoms with Crippen LogP contribution in [0, 0.1) is 0 Å². The average molecular weight is 253 g/mol. The third kappa shape index (κ3) is 5.65. The van der Waals surface area contributed by atoms with Gasteiger partial charge in [0.1, 0.15) is 0 Å². The van der Waals surface area contributed by atoms with Gasteiger partial charge in [0.2, 0.25) is 0 Å². The van der Waals surface area contributed by atoms with Gasteiger partial charge in [0.05, 0.1) is 0 Å². The van der Waals surface area contributed by atoms with E-state index in [0.717, 1.165) is 18.0 Å². The van der Waals surface area contributed by atoms with Crippen LogP contribution in [0.4, 0.5) is 0 Å². The van der Waals surface area contributed by atoms with Crippen LogP contribution in [0.3, 0.4) is 0 Å². The molecule has 0 aliphatic heterocycles. The molecule has 0 spiro atoms. The van der Waals surface area contributed by atoms with E-state index in [1.807, 2.05) is 6.07 Å². The first-order valence-electron chi connectivity index (χ1n) is 5.80. The number of nitrogens with zero attached hydrogens (tertiary/aromatic N) is 1. The van der Waals surface area contributed by atoms with Crippen LogP contribution in [-0.4, -0.2) is 29.6 Å². The average Bonchev–Trinajstić information content (AvgIpc) is 2.71. The van der Waals surface area contributed by atoms with Crippen molar-refractivity contribution in [3.05, 3.63) is 28.0 Å². The fourth-order valence-electron chi connectivity index (χ4n) is 1.50. The molecule has 0 aliphatic rings. The number of carboxylic acid groups (broad SMARTS) is 1. The minimum Gasteiger partial charge on any atom is -0.478 e. The number of rotatable bonds is 7. The number of carboxylic acids is 1. The lowest BCUT2D eigenvalue weighted by molar-refractivity contribution is -0.131. The maximum Gasteiger partial charge on any atom is 0.328 e. The van der Waals surface area contributed by atoms with Gasteiger partial charge in [-0.2, -0.15) is 0 Å². The van der Waals surface area contributed by atoms with Crippen molar-refractivity contribution < 1.29 is 9.90 Å². The summed E-state index contributed by atoms with van der Waals surface area (Å²) in [4.78, 5) is 14.9. The largest absolute Gasteiger partial charge is 0.478 e. The van der Waals surface area contributed by atoms with Gasteiger partial charge in [0, 0.05) is 22.4 Å². The minimum absolute atomic E-state index is 0.903. The van der Waals surface area contributed by atoms with Crippen LogP contribution in [0.2, 0.25) is 0 Å². The quantitative estimate of drug-likeness (QED) is 0.759. The summed E-state index contributed by atoms with van der Waals surface area (Å²) in [6.07, 6.45) is 5.24. The standard InChI is InChI=1S/C13H19NO2S/c1-3-4-9-14(2)10-12-6-5-11(17-12)7-8-13(15)16/h5-8H,3-4,9-10H2,1-2H3,(H,15,16). The molecule has 3 nitrogen and oxygen atoms in total. The highest BCUT2D eigenvalue weighted by molar-refractivity contribution is 7.12. The molecule has 4 heteroatoms. The van der Waals surface area contributed by atoms with Crippen molar-refractivity contribution in [2.75, 3.05) is 13.6 Å². The summed E-state index contributed by atoms with van der Waals surface area (Å²) in [5, 5.41) is 8.53. The van der Waals surface area contributed by atoms with Gasteiger partial charge < -0.3 is 10.0 Å². The second-order valence-corrected chi connectivity index (χ2v) is 5.27. The SMILES string of the molecule is CCCCN(C)Cc1ccc(C=CC(=O)O)s1. The molecular weight excluding hydrogens is 234 g/mol. The molecule has 1 aromatic rings. The lowest BCUT2D eigenvalue weighted by Crippen LogP contribution is -2.18. The Morgan fingerprint density at radius 3 is 2.94 bits per heavy atom. The molecule has 0 aromatic carbocycles. The van der Waals surface area contributed by atoms with Crippen LogP contribution in [0.5, 0.6) is 0 Å². The van der Waals surface area contributed by atoms with Gasteiger partial charge in [-0.1, -0.05) is 13.3 Å². The van der Waals surface area contributed by atoms with Crippen LogP contribution in [0.25, 0.3) is 6.08 Å². The Labute approximate surface area is 106 Å². The van der Waals surface area contributed by atoms with E-state index in [1.165, 1.54) is 23.8 Å². The molecule has 0 bridgehead atoms. The molecule has 94 valence electrons. The van der Waals surface area contributed by atoms with Gasteiger partial charge in [0.15, 0.2) is 0 Å². The zero-order valence-corrected chi connectivity index (χ0v) is 11.2. The first-order valence-corrected chi connectivity index (χ1v) is 6.61. The molecule has 17 heavy (non-hydrogen) atoms. The molecule has 1 N–H and O–H groups in total. The molecule has 0 saturated heterocycles. The van der Waals surface area contributed by atoms with Crippen LogP contribution < -0.4 is 0 Å². The molecule has 0 radical (unpaired) electrons. The van der Waals surface area contributed by atoms with E-state index in [0.29, 0.717) is 0 Å². The summed E-state index contributed by atoms with van der Waals surface area (Å²) >= 11 is 1.64. The molecule has 1 aromatic heterocycles. The van der Waals surface area contributed by atoms with E-state index >= 15 is 0 Å². The summed E-state index contributed by atoms with van der Waals surface area (Å²) in [6, 6.07) is 4.03. The Balaban J connectivity index is 2.47. The minimum atomic E-state index is -0.903. The van der Waals surface area contributed by atoms with Gasteiger partial charge >= 0.3 is 5.97 Å². The zero-order valence-electron chi connectivity index (χ0n) is 10.3. The van der Waals surface area contributed by atoms with E-state index in [1.54, 1.807) is 17.4 Å². The molecule has 1 rings (SSSR count). The number of hydrogen-bond donors (Lipinski definition) is 1. The highest BCUT2D eigenvalue weighted by atomic mass is 32.1. The Bertz CT molecular complexity index is 385. The number of unbranched alkanes of at least 4 members (excludes halogenated alkanes) is 1. The van der Waals surface area contributed by atoms with Crippen LogP contribution >= 0.6 is 11.3 Å². The smallest absolute Gasteiger partial charge is 0.328 e. The van der Waals surface area contributed by atoms with E-state index in [-0.39, 0.29) is 0 Å². The van der Waals surface area contributed by atoms with Crippen molar-refractivity contribution in [2.45, 2.75) is 26.3 Å². The van der Waals surface area contributed by atoms with Crippen molar-refractivity contribution >= 4 is 23.4 Å². The lowest BCUT2D eigenvalue weighted by Gasteiger charge is -2.14. The number of carbonyl (C=O) groups is 1. The van der Waals surface area contributed by atoms with Gasteiger partial charge in [0.25, 0.3) is 0 Å². The van der Waals surface area contributed by atoms with Crippen molar-refractivity contribution in [3.8, 4) is 0 Å². The molecule has 0 amide bonds. The zero-order chi connectivity index (χ0) is 12.7. The summed E-state index contributed by atoms with van der Waals surface area (Å²) in [6.45, 7) is 4.23. The van der Waals surface area contributed by atoms with Crippen molar-refractivity contribution in [2.24, 2.45) is 0 Å². The Morgan fingerprint density at radius 2 is 2.29 bits per heavy atom. The van der Waals surface area contributed by atoms with E-state index in [9.17, 15) is 4.79 Å². The topological polar surface area (TPSA) is 40.5 Å². The molecule has 0 atom stereocenters. The van der Waals surface area contributed by atoms with Crippen molar-refractivity contribution in [1.29, 1.82) is 0 Å². The normalized spacial score (nSPS) is 11.5. The molecule has 0 fully saturated rings. The van der Waals surface area contributed by atoms with Crippen LogP contribution in [0.1, 0.15) is 29.5 Å². The van der Waals surface area contributed by atoms with E-state index in [2.05, 4.69) is 24.9 Å². The fraction of sp³-hybridized carbons (Fsp3) is 0.462. The predicted octanol–water partition coefficient (Wildman–Crippen LogP) is 3.08. The van der Waals surface area contributed by atoms with Gasteiger partial charge in [-0.15, -0.1) is 11.3 Å². The monoisotopic (exact) mass is 253 g/mol. The van der Waals surface area contributed by atoms with Gasteiger partial charge in [-0.3, -0.25) is 0 Å². The lowest BCUT2D eigenvalue weighted by atomic mass is 10.3. The van der Waals surface area contributed by atoms with Gasteiger partial charge in [-0.05, 0) is 38.2 Å². The Hall–Kier alpha value is -1.13. The van der Waals surface area contributed by atoms with Crippen LogP contribution in [0.15, 0.2) is 18.2 Å². The maximum atomic E-state index is 10.4. The second kappa shape index (κ2) is 7.25. The number of aliphatic carboxylic acids is 1. The van der Waals surface area contributed by atoms with E-state index < -0.39 is 5.97 Å². The first kappa shape index (κ1) is 13.9. The maximum absolute atomic E-state index is 10.4. The summed E-state index contributed by atoms with van der Waals surface area (Å²) < 4.78 is 0. The molecule has 0 aliphatic carbocycles. The molecule has 0 saturated carbocycles. The third-order valence-corrected chi connectivity index (χ3v) is 3.43. The predicted molar refractivity (Wildman–Crippen MR) is 72.2 cm³/mol. The second-order valence-electron chi connectivity index (χ2n) is 4.07.